The molecule has 0 bridgehead atoms. The van der Waals surface area contributed by atoms with Crippen LogP contribution in [-0.2, 0) is 0 Å². The number of benzene rings is 1. The van der Waals surface area contributed by atoms with E-state index in [0.29, 0.717) is 0 Å². The Morgan fingerprint density at radius 2 is 2.08 bits per heavy atom. The number of rotatable bonds is 0. The molecule has 0 radical (unpaired) electrons. The number of nitrogens with one attached hydrogen (secondary N) is 1. The first-order valence-corrected chi connectivity index (χ1v) is 4.99. The molecule has 0 aliphatic heterocycles. The van der Waals surface area contributed by atoms with Crippen LogP contribution in [0.1, 0.15) is 11.1 Å². The Morgan fingerprint density at radius 3 is 2.83 bits per heavy atom. The van der Waals surface area contributed by atoms with E-state index in [0.717, 1.165) is 3.95 Å². The molecule has 0 saturated heterocycles. The van der Waals surface area contributed by atoms with Gasteiger partial charge in [-0.3, -0.25) is 0 Å². The Hall–Kier alpha value is -0.670. The van der Waals surface area contributed by atoms with E-state index in [-0.39, 0.29) is 0 Å². The molecule has 0 aliphatic carbocycles. The van der Waals surface area contributed by atoms with Gasteiger partial charge in [-0.1, -0.05) is 6.07 Å². The zero-order valence-corrected chi connectivity index (χ0v) is 8.60. The smallest absolute Gasteiger partial charge is 0.159 e. The summed E-state index contributed by atoms with van der Waals surface area (Å²) in [7, 11) is 0. The second kappa shape index (κ2) is 2.68. The largest absolute Gasteiger partial charge is 0.337 e. The maximum Gasteiger partial charge on any atom is 0.159 e. The summed E-state index contributed by atoms with van der Waals surface area (Å²) < 4.78 is 2.14. The first-order chi connectivity index (χ1) is 5.66. The monoisotopic (exact) mass is 195 g/mol. The van der Waals surface area contributed by atoms with Crippen LogP contribution >= 0.6 is 23.6 Å². The summed E-state index contributed by atoms with van der Waals surface area (Å²) in [5.41, 5.74) is 3.76. The lowest BCUT2D eigenvalue weighted by Gasteiger charge is -1.96. The second-order valence-electron chi connectivity index (χ2n) is 2.97. The molecule has 1 N–H and O–H groups in total. The highest BCUT2D eigenvalue weighted by Crippen LogP contribution is 2.24. The molecule has 1 aromatic carbocycles. The van der Waals surface area contributed by atoms with E-state index in [4.69, 9.17) is 12.2 Å². The van der Waals surface area contributed by atoms with Crippen molar-refractivity contribution in [2.75, 3.05) is 0 Å². The van der Waals surface area contributed by atoms with E-state index in [2.05, 4.69) is 31.0 Å². The molecule has 0 fully saturated rings. The average Bonchev–Trinajstić information content (AvgIpc) is 2.29. The molecule has 62 valence electrons. The van der Waals surface area contributed by atoms with Crippen LogP contribution in [-0.4, -0.2) is 4.98 Å². The molecule has 3 heteroatoms. The standard InChI is InChI=1S/C9H9NS2/c1-5-3-6(2)8-7(4-5)10-9(11)12-8/h3-4H,1-2H3,(H,10,11). The van der Waals surface area contributed by atoms with Crippen molar-refractivity contribution in [1.82, 2.24) is 4.98 Å². The van der Waals surface area contributed by atoms with Gasteiger partial charge in [0.05, 0.1) is 10.2 Å². The zero-order chi connectivity index (χ0) is 8.72. The summed E-state index contributed by atoms with van der Waals surface area (Å²) in [6.45, 7) is 4.22. The first kappa shape index (κ1) is 7.95. The molecule has 1 aromatic heterocycles. The number of hydrogen-bond acceptors (Lipinski definition) is 2. The molecule has 2 aromatic rings. The van der Waals surface area contributed by atoms with Crippen molar-refractivity contribution in [3.63, 3.8) is 0 Å². The Labute approximate surface area is 80.1 Å². The van der Waals surface area contributed by atoms with E-state index in [1.807, 2.05) is 0 Å². The van der Waals surface area contributed by atoms with Crippen molar-refractivity contribution >= 4 is 33.8 Å². The van der Waals surface area contributed by atoms with Crippen LogP contribution in [0.15, 0.2) is 12.1 Å². The maximum absolute atomic E-state index is 5.08. The fraction of sp³-hybridized carbons (Fsp3) is 0.222. The summed E-state index contributed by atoms with van der Waals surface area (Å²) >= 11 is 6.73. The Balaban J connectivity index is 2.97. The third-order valence-electron chi connectivity index (χ3n) is 1.85. The molecule has 0 atom stereocenters. The quantitative estimate of drug-likeness (QED) is 0.635. The van der Waals surface area contributed by atoms with E-state index < -0.39 is 0 Å². The Bertz CT molecular complexity index is 479. The highest BCUT2D eigenvalue weighted by Gasteiger charge is 2.00. The molecule has 0 saturated carbocycles. The first-order valence-electron chi connectivity index (χ1n) is 3.77. The highest BCUT2D eigenvalue weighted by atomic mass is 32.1. The van der Waals surface area contributed by atoms with Crippen molar-refractivity contribution in [3.8, 4) is 0 Å². The van der Waals surface area contributed by atoms with Crippen LogP contribution in [0.4, 0.5) is 0 Å². The van der Waals surface area contributed by atoms with Crippen molar-refractivity contribution < 1.29 is 0 Å². The lowest BCUT2D eigenvalue weighted by molar-refractivity contribution is 1.40. The van der Waals surface area contributed by atoms with E-state index in [1.54, 1.807) is 11.3 Å². The van der Waals surface area contributed by atoms with Gasteiger partial charge < -0.3 is 4.98 Å². The Kier molecular flexibility index (Phi) is 1.77. The summed E-state index contributed by atoms with van der Waals surface area (Å²) in [5, 5.41) is 0. The van der Waals surface area contributed by atoms with E-state index >= 15 is 0 Å². The number of aromatic amines is 1. The van der Waals surface area contributed by atoms with Crippen LogP contribution in [0.5, 0.6) is 0 Å². The fourth-order valence-electron chi connectivity index (χ4n) is 1.41. The van der Waals surface area contributed by atoms with Crippen molar-refractivity contribution in [1.29, 1.82) is 0 Å². The van der Waals surface area contributed by atoms with Gasteiger partial charge in [-0.25, -0.2) is 0 Å². The van der Waals surface area contributed by atoms with Crippen molar-refractivity contribution in [3.05, 3.63) is 27.2 Å². The lowest BCUT2D eigenvalue weighted by atomic mass is 10.1. The molecule has 2 rings (SSSR count). The topological polar surface area (TPSA) is 15.8 Å². The summed E-state index contributed by atoms with van der Waals surface area (Å²) in [4.78, 5) is 3.17. The molecule has 1 heterocycles. The predicted molar refractivity (Wildman–Crippen MR) is 56.5 cm³/mol. The summed E-state index contributed by atoms with van der Waals surface area (Å²) in [6, 6.07) is 4.32. The number of hydrogen-bond donors (Lipinski definition) is 1. The molecular weight excluding hydrogens is 186 g/mol. The maximum atomic E-state index is 5.08. The third kappa shape index (κ3) is 1.19. The van der Waals surface area contributed by atoms with Gasteiger partial charge in [0.2, 0.25) is 0 Å². The summed E-state index contributed by atoms with van der Waals surface area (Å²) in [5.74, 6) is 0. The minimum absolute atomic E-state index is 0.860. The zero-order valence-electron chi connectivity index (χ0n) is 6.97. The van der Waals surface area contributed by atoms with Crippen LogP contribution in [0, 0.1) is 17.8 Å². The Morgan fingerprint density at radius 1 is 1.33 bits per heavy atom. The van der Waals surface area contributed by atoms with Crippen LogP contribution in [0.2, 0.25) is 0 Å². The number of fused-ring (bicyclic) bond motifs is 1. The predicted octanol–water partition coefficient (Wildman–Crippen LogP) is 3.58. The highest BCUT2D eigenvalue weighted by molar-refractivity contribution is 7.73. The molecule has 1 nitrogen and oxygen atoms in total. The minimum Gasteiger partial charge on any atom is -0.337 e. The minimum atomic E-state index is 0.860. The third-order valence-corrected chi connectivity index (χ3v) is 3.24. The van der Waals surface area contributed by atoms with Crippen molar-refractivity contribution in [2.24, 2.45) is 0 Å². The van der Waals surface area contributed by atoms with Gasteiger partial charge in [-0.05, 0) is 43.3 Å². The van der Waals surface area contributed by atoms with Crippen molar-refractivity contribution in [2.45, 2.75) is 13.8 Å². The normalized spacial score (nSPS) is 10.8. The summed E-state index contributed by atoms with van der Waals surface area (Å²) in [6.07, 6.45) is 0. The van der Waals surface area contributed by atoms with E-state index in [9.17, 15) is 0 Å². The van der Waals surface area contributed by atoms with Crippen LogP contribution in [0.3, 0.4) is 0 Å². The van der Waals surface area contributed by atoms with Gasteiger partial charge in [-0.15, -0.1) is 11.3 Å². The molecule has 12 heavy (non-hydrogen) atoms. The second-order valence-corrected chi connectivity index (χ2v) is 4.66. The van der Waals surface area contributed by atoms with Crippen LogP contribution < -0.4 is 0 Å². The molecule has 0 amide bonds. The fourth-order valence-corrected chi connectivity index (χ4v) is 2.56. The van der Waals surface area contributed by atoms with Gasteiger partial charge in [-0.2, -0.15) is 0 Å². The molecule has 0 spiro atoms. The SMILES string of the molecule is Cc1cc(C)c2sc(=S)[nH]c2c1. The van der Waals surface area contributed by atoms with Gasteiger partial charge >= 0.3 is 0 Å². The molecular formula is C9H9NS2. The number of aryl methyl sites for hydroxylation is 2. The lowest BCUT2D eigenvalue weighted by Crippen LogP contribution is -1.77. The average molecular weight is 195 g/mol. The van der Waals surface area contributed by atoms with Gasteiger partial charge in [0.1, 0.15) is 0 Å². The van der Waals surface area contributed by atoms with Gasteiger partial charge in [0.15, 0.2) is 3.95 Å². The van der Waals surface area contributed by atoms with Gasteiger partial charge in [0.25, 0.3) is 0 Å². The molecule has 0 aliphatic rings. The molecule has 0 unspecified atom stereocenters. The number of thiazole rings is 1. The van der Waals surface area contributed by atoms with Gasteiger partial charge in [0, 0.05) is 0 Å². The van der Waals surface area contributed by atoms with E-state index in [1.165, 1.54) is 21.3 Å². The van der Waals surface area contributed by atoms with Crippen LogP contribution in [0.25, 0.3) is 10.2 Å². The number of aromatic nitrogens is 1. The number of H-pyrrole nitrogens is 1.